The van der Waals surface area contributed by atoms with Crippen molar-refractivity contribution < 1.29 is 9.53 Å². The minimum absolute atomic E-state index is 0.150. The number of amides is 1. The maximum absolute atomic E-state index is 12.7. The lowest BCUT2D eigenvalue weighted by Gasteiger charge is -2.27. The molecular weight excluding hydrogens is 364 g/mol. The van der Waals surface area contributed by atoms with E-state index >= 15 is 0 Å². The lowest BCUT2D eigenvalue weighted by molar-refractivity contribution is -0.117. The van der Waals surface area contributed by atoms with Crippen LogP contribution in [0.15, 0.2) is 30.7 Å². The van der Waals surface area contributed by atoms with Gasteiger partial charge in [0, 0.05) is 54.9 Å². The van der Waals surface area contributed by atoms with Crippen molar-refractivity contribution in [2.24, 2.45) is 5.92 Å². The SMILES string of the molecule is CC(C)c1c[nH]c2ncc(-c3cnc4c(c3)N(CC3CCOCC3)C(=O)C4)cc12. The molecule has 3 aromatic heterocycles. The van der Waals surface area contributed by atoms with Crippen LogP contribution < -0.4 is 4.90 Å². The van der Waals surface area contributed by atoms with Gasteiger partial charge in [-0.15, -0.1) is 0 Å². The van der Waals surface area contributed by atoms with E-state index < -0.39 is 0 Å². The summed E-state index contributed by atoms with van der Waals surface area (Å²) in [4.78, 5) is 27.1. The summed E-state index contributed by atoms with van der Waals surface area (Å²) in [6, 6.07) is 4.29. The van der Waals surface area contributed by atoms with E-state index in [0.29, 0.717) is 18.3 Å². The first-order valence-corrected chi connectivity index (χ1v) is 10.4. The molecule has 0 atom stereocenters. The Kier molecular flexibility index (Phi) is 4.59. The Balaban J connectivity index is 1.49. The lowest BCUT2D eigenvalue weighted by Crippen LogP contribution is -2.34. The number of ether oxygens (including phenoxy) is 1. The number of nitrogens with one attached hydrogen (secondary N) is 1. The Morgan fingerprint density at radius 1 is 1.17 bits per heavy atom. The first kappa shape index (κ1) is 18.3. The van der Waals surface area contributed by atoms with Crippen molar-refractivity contribution in [2.75, 3.05) is 24.7 Å². The molecule has 5 rings (SSSR count). The number of pyridine rings is 2. The quantitative estimate of drug-likeness (QED) is 0.729. The highest BCUT2D eigenvalue weighted by Gasteiger charge is 2.31. The van der Waals surface area contributed by atoms with Gasteiger partial charge in [-0.05, 0) is 42.4 Å². The summed E-state index contributed by atoms with van der Waals surface area (Å²) in [7, 11) is 0. The van der Waals surface area contributed by atoms with Gasteiger partial charge in [-0.2, -0.15) is 0 Å². The molecule has 6 heteroatoms. The van der Waals surface area contributed by atoms with Crippen molar-refractivity contribution in [3.8, 4) is 11.1 Å². The summed E-state index contributed by atoms with van der Waals surface area (Å²) in [5.41, 5.74) is 6.03. The van der Waals surface area contributed by atoms with E-state index in [1.807, 2.05) is 23.5 Å². The van der Waals surface area contributed by atoms with Crippen molar-refractivity contribution in [3.63, 3.8) is 0 Å². The average molecular weight is 390 g/mol. The van der Waals surface area contributed by atoms with Crippen LogP contribution in [0.25, 0.3) is 22.2 Å². The molecule has 0 radical (unpaired) electrons. The molecule has 2 aliphatic rings. The molecule has 1 fully saturated rings. The van der Waals surface area contributed by atoms with E-state index in [0.717, 1.165) is 66.1 Å². The van der Waals surface area contributed by atoms with Gasteiger partial charge in [0.2, 0.25) is 5.91 Å². The smallest absolute Gasteiger partial charge is 0.233 e. The second-order valence-electron chi connectivity index (χ2n) is 8.45. The molecule has 0 saturated carbocycles. The lowest BCUT2D eigenvalue weighted by atomic mass is 9.99. The van der Waals surface area contributed by atoms with Crippen molar-refractivity contribution in [2.45, 2.75) is 39.0 Å². The van der Waals surface area contributed by atoms with Crippen LogP contribution in [0.5, 0.6) is 0 Å². The van der Waals surface area contributed by atoms with E-state index in [4.69, 9.17) is 4.74 Å². The number of rotatable bonds is 4. The van der Waals surface area contributed by atoms with Gasteiger partial charge in [0.15, 0.2) is 0 Å². The van der Waals surface area contributed by atoms with Gasteiger partial charge in [0.1, 0.15) is 5.65 Å². The Labute approximate surface area is 170 Å². The molecule has 0 bridgehead atoms. The summed E-state index contributed by atoms with van der Waals surface area (Å²) < 4.78 is 5.47. The van der Waals surface area contributed by atoms with Crippen LogP contribution in [0.1, 0.15) is 43.9 Å². The fourth-order valence-corrected chi connectivity index (χ4v) is 4.43. The molecule has 0 aliphatic carbocycles. The number of H-pyrrole nitrogens is 1. The molecule has 0 unspecified atom stereocenters. The minimum atomic E-state index is 0.150. The number of hydrogen-bond acceptors (Lipinski definition) is 4. The second kappa shape index (κ2) is 7.26. The standard InChI is InChI=1S/C23H26N4O2/c1-14(2)19-12-26-23-18(19)7-16(11-25-23)17-8-21-20(24-10-17)9-22(28)27(21)13-15-3-5-29-6-4-15/h7-8,10-12,14-15H,3-6,9,13H2,1-2H3,(H,25,26). The molecule has 150 valence electrons. The number of hydrogen-bond donors (Lipinski definition) is 1. The monoisotopic (exact) mass is 390 g/mol. The number of carbonyl (C=O) groups is 1. The Hall–Kier alpha value is -2.73. The molecule has 3 aromatic rings. The summed E-state index contributed by atoms with van der Waals surface area (Å²) in [6.07, 6.45) is 8.21. The first-order valence-electron chi connectivity index (χ1n) is 10.4. The summed E-state index contributed by atoms with van der Waals surface area (Å²) in [5.74, 6) is 1.07. The van der Waals surface area contributed by atoms with Gasteiger partial charge in [0.25, 0.3) is 0 Å². The van der Waals surface area contributed by atoms with Gasteiger partial charge in [-0.3, -0.25) is 9.78 Å². The molecule has 29 heavy (non-hydrogen) atoms. The predicted molar refractivity (Wildman–Crippen MR) is 113 cm³/mol. The minimum Gasteiger partial charge on any atom is -0.381 e. The molecule has 1 amide bonds. The maximum atomic E-state index is 12.7. The zero-order valence-electron chi connectivity index (χ0n) is 16.9. The molecule has 5 heterocycles. The average Bonchev–Trinajstić information content (AvgIpc) is 3.29. The molecular formula is C23H26N4O2. The fourth-order valence-electron chi connectivity index (χ4n) is 4.43. The van der Waals surface area contributed by atoms with Crippen LogP contribution >= 0.6 is 0 Å². The van der Waals surface area contributed by atoms with E-state index in [1.54, 1.807) is 0 Å². The van der Waals surface area contributed by atoms with Crippen LogP contribution in [-0.2, 0) is 16.0 Å². The Morgan fingerprint density at radius 3 is 2.72 bits per heavy atom. The summed E-state index contributed by atoms with van der Waals surface area (Å²) in [5, 5.41) is 1.15. The van der Waals surface area contributed by atoms with E-state index in [9.17, 15) is 4.79 Å². The number of aromatic nitrogens is 3. The maximum Gasteiger partial charge on any atom is 0.233 e. The number of nitrogens with zero attached hydrogens (tertiary/aromatic N) is 3. The van der Waals surface area contributed by atoms with E-state index in [2.05, 4.69) is 40.9 Å². The third-order valence-corrected chi connectivity index (χ3v) is 6.16. The van der Waals surface area contributed by atoms with Crippen LogP contribution in [-0.4, -0.2) is 40.6 Å². The van der Waals surface area contributed by atoms with Crippen molar-refractivity contribution in [3.05, 3.63) is 42.0 Å². The van der Waals surface area contributed by atoms with Crippen molar-refractivity contribution in [1.82, 2.24) is 15.0 Å². The van der Waals surface area contributed by atoms with Crippen molar-refractivity contribution >= 4 is 22.6 Å². The normalized spacial score (nSPS) is 17.5. The Morgan fingerprint density at radius 2 is 1.93 bits per heavy atom. The molecule has 1 N–H and O–H groups in total. The summed E-state index contributed by atoms with van der Waals surface area (Å²) in [6.45, 7) is 6.71. The van der Waals surface area contributed by atoms with Crippen LogP contribution in [0.3, 0.4) is 0 Å². The highest BCUT2D eigenvalue weighted by Crippen LogP contribution is 2.34. The fraction of sp³-hybridized carbons (Fsp3) is 0.435. The molecule has 6 nitrogen and oxygen atoms in total. The topological polar surface area (TPSA) is 71.1 Å². The highest BCUT2D eigenvalue weighted by molar-refractivity contribution is 6.01. The van der Waals surface area contributed by atoms with Crippen LogP contribution in [0, 0.1) is 5.92 Å². The number of anilines is 1. The molecule has 1 saturated heterocycles. The number of carbonyl (C=O) groups excluding carboxylic acids is 1. The number of aromatic amines is 1. The van der Waals surface area contributed by atoms with Crippen LogP contribution in [0.2, 0.25) is 0 Å². The van der Waals surface area contributed by atoms with Gasteiger partial charge in [-0.1, -0.05) is 13.8 Å². The van der Waals surface area contributed by atoms with Crippen molar-refractivity contribution in [1.29, 1.82) is 0 Å². The van der Waals surface area contributed by atoms with E-state index in [1.165, 1.54) is 5.56 Å². The molecule has 2 aliphatic heterocycles. The highest BCUT2D eigenvalue weighted by atomic mass is 16.5. The second-order valence-corrected chi connectivity index (χ2v) is 8.45. The Bertz CT molecular complexity index is 1070. The van der Waals surface area contributed by atoms with Gasteiger partial charge in [0.05, 0.1) is 17.8 Å². The molecule has 0 aromatic carbocycles. The predicted octanol–water partition coefficient (Wildman–Crippen LogP) is 4.06. The van der Waals surface area contributed by atoms with Gasteiger partial charge >= 0.3 is 0 Å². The van der Waals surface area contributed by atoms with Gasteiger partial charge in [-0.25, -0.2) is 4.98 Å². The largest absolute Gasteiger partial charge is 0.381 e. The zero-order valence-corrected chi connectivity index (χ0v) is 16.9. The third-order valence-electron chi connectivity index (χ3n) is 6.16. The third kappa shape index (κ3) is 3.31. The molecule has 0 spiro atoms. The summed E-state index contributed by atoms with van der Waals surface area (Å²) >= 11 is 0. The van der Waals surface area contributed by atoms with Gasteiger partial charge < -0.3 is 14.6 Å². The first-order chi connectivity index (χ1) is 14.1. The number of fused-ring (bicyclic) bond motifs is 2. The van der Waals surface area contributed by atoms with Crippen LogP contribution in [0.4, 0.5) is 5.69 Å². The zero-order chi connectivity index (χ0) is 20.0. The van der Waals surface area contributed by atoms with E-state index in [-0.39, 0.29) is 5.91 Å².